The van der Waals surface area contributed by atoms with Crippen molar-refractivity contribution in [2.24, 2.45) is 5.73 Å². The number of hydrogen-bond donors (Lipinski definition) is 1. The van der Waals surface area contributed by atoms with E-state index < -0.39 is 6.04 Å². The molecule has 2 rings (SSSR count). The summed E-state index contributed by atoms with van der Waals surface area (Å²) in [5.41, 5.74) is 7.18. The van der Waals surface area contributed by atoms with Crippen molar-refractivity contribution in [2.45, 2.75) is 31.5 Å². The monoisotopic (exact) mass is 305 g/mol. The van der Waals surface area contributed by atoms with E-state index in [1.54, 1.807) is 12.0 Å². The van der Waals surface area contributed by atoms with Gasteiger partial charge in [-0.25, -0.2) is 0 Å². The predicted octanol–water partition coefficient (Wildman–Crippen LogP) is 1.08. The van der Waals surface area contributed by atoms with Gasteiger partial charge in [0.25, 0.3) is 0 Å². The third-order valence-electron chi connectivity index (χ3n) is 4.29. The van der Waals surface area contributed by atoms with Gasteiger partial charge in [0.1, 0.15) is 6.04 Å². The first-order valence-corrected chi connectivity index (χ1v) is 7.89. The summed E-state index contributed by atoms with van der Waals surface area (Å²) in [4.78, 5) is 16.5. The molecule has 0 bridgehead atoms. The average molecular weight is 305 g/mol. The third-order valence-corrected chi connectivity index (χ3v) is 4.29. The van der Waals surface area contributed by atoms with Crippen molar-refractivity contribution < 1.29 is 9.53 Å². The lowest BCUT2D eigenvalue weighted by Crippen LogP contribution is -2.53. The van der Waals surface area contributed by atoms with Crippen molar-refractivity contribution in [3.8, 4) is 0 Å². The number of carbonyl (C=O) groups excluding carboxylic acids is 1. The van der Waals surface area contributed by atoms with Gasteiger partial charge in [-0.1, -0.05) is 30.3 Å². The largest absolute Gasteiger partial charge is 0.383 e. The number of methoxy groups -OCH3 is 1. The van der Waals surface area contributed by atoms with Gasteiger partial charge >= 0.3 is 0 Å². The van der Waals surface area contributed by atoms with Gasteiger partial charge in [-0.05, 0) is 24.9 Å². The van der Waals surface area contributed by atoms with Crippen molar-refractivity contribution in [1.29, 1.82) is 0 Å². The zero-order valence-electron chi connectivity index (χ0n) is 13.6. The first kappa shape index (κ1) is 16.9. The van der Waals surface area contributed by atoms with Gasteiger partial charge in [-0.3, -0.25) is 9.69 Å². The van der Waals surface area contributed by atoms with Crippen LogP contribution in [0.5, 0.6) is 0 Å². The minimum atomic E-state index is -0.570. The van der Waals surface area contributed by atoms with E-state index >= 15 is 0 Å². The Morgan fingerprint density at radius 1 is 1.45 bits per heavy atom. The molecule has 1 aliphatic heterocycles. The molecule has 1 aliphatic rings. The van der Waals surface area contributed by atoms with Crippen molar-refractivity contribution in [3.05, 3.63) is 35.9 Å². The summed E-state index contributed by atoms with van der Waals surface area (Å²) >= 11 is 0. The van der Waals surface area contributed by atoms with Crippen molar-refractivity contribution in [3.63, 3.8) is 0 Å². The van der Waals surface area contributed by atoms with Gasteiger partial charge in [0.05, 0.1) is 6.61 Å². The van der Waals surface area contributed by atoms with E-state index in [4.69, 9.17) is 10.5 Å². The molecule has 2 N–H and O–H groups in total. The highest BCUT2D eigenvalue weighted by Gasteiger charge is 2.28. The molecule has 5 heteroatoms. The highest BCUT2D eigenvalue weighted by molar-refractivity contribution is 5.81. The van der Waals surface area contributed by atoms with E-state index in [-0.39, 0.29) is 18.6 Å². The van der Waals surface area contributed by atoms with Gasteiger partial charge in [0.2, 0.25) is 5.91 Å². The molecule has 1 fully saturated rings. The van der Waals surface area contributed by atoms with Crippen LogP contribution in [-0.2, 0) is 16.1 Å². The number of amides is 1. The maximum Gasteiger partial charge on any atom is 0.241 e. The normalized spacial score (nSPS) is 20.6. The number of likely N-dealkylation sites (N-methyl/N-ethyl adjacent to an activating group) is 1. The second-order valence-electron chi connectivity index (χ2n) is 6.03. The van der Waals surface area contributed by atoms with Gasteiger partial charge in [-0.15, -0.1) is 0 Å². The molecule has 1 amide bonds. The number of nitrogens with two attached hydrogens (primary N) is 1. The molecule has 2 atom stereocenters. The molecule has 1 saturated heterocycles. The summed E-state index contributed by atoms with van der Waals surface area (Å²) in [6.07, 6.45) is 2.14. The Balaban J connectivity index is 1.91. The summed E-state index contributed by atoms with van der Waals surface area (Å²) in [6, 6.07) is 10.1. The summed E-state index contributed by atoms with van der Waals surface area (Å²) in [5.74, 6) is -0.0339. The first-order chi connectivity index (χ1) is 10.6. The number of nitrogens with zero attached hydrogens (tertiary/aromatic N) is 2. The van der Waals surface area contributed by atoms with Gasteiger partial charge in [-0.2, -0.15) is 0 Å². The first-order valence-electron chi connectivity index (χ1n) is 7.89. The van der Waals surface area contributed by atoms with E-state index in [0.29, 0.717) is 0 Å². The van der Waals surface area contributed by atoms with Crippen LogP contribution in [-0.4, -0.2) is 61.6 Å². The molecule has 5 nitrogen and oxygen atoms in total. The molecule has 0 spiro atoms. The molecule has 1 aromatic carbocycles. The molecule has 122 valence electrons. The fraction of sp³-hybridized carbons (Fsp3) is 0.588. The Morgan fingerprint density at radius 3 is 2.86 bits per heavy atom. The van der Waals surface area contributed by atoms with Crippen LogP contribution < -0.4 is 5.73 Å². The van der Waals surface area contributed by atoms with Crippen molar-refractivity contribution >= 4 is 5.91 Å². The Kier molecular flexibility index (Phi) is 6.36. The molecule has 2 unspecified atom stereocenters. The molecule has 1 heterocycles. The van der Waals surface area contributed by atoms with Crippen LogP contribution in [0.2, 0.25) is 0 Å². The van der Waals surface area contributed by atoms with Crippen LogP contribution >= 0.6 is 0 Å². The number of carbonyl (C=O) groups is 1. The molecule has 0 saturated carbocycles. The summed E-state index contributed by atoms with van der Waals surface area (Å²) < 4.78 is 4.98. The fourth-order valence-corrected chi connectivity index (χ4v) is 3.02. The second kappa shape index (κ2) is 8.27. The minimum Gasteiger partial charge on any atom is -0.383 e. The molecule has 0 aromatic heterocycles. The number of likely N-dealkylation sites (tertiary alicyclic amines) is 1. The van der Waals surface area contributed by atoms with Gasteiger partial charge < -0.3 is 15.4 Å². The molecular formula is C17H27N3O2. The van der Waals surface area contributed by atoms with Crippen LogP contribution in [0.3, 0.4) is 0 Å². The Morgan fingerprint density at radius 2 is 2.18 bits per heavy atom. The molecule has 0 radical (unpaired) electrons. The maximum atomic E-state index is 12.3. The number of rotatable bonds is 6. The molecule has 0 aliphatic carbocycles. The Labute approximate surface area is 133 Å². The van der Waals surface area contributed by atoms with Crippen LogP contribution in [0.15, 0.2) is 30.3 Å². The molecule has 22 heavy (non-hydrogen) atoms. The standard InChI is InChI=1S/C17H27N3O2/c1-19(17(21)16(18)13-22-2)15-9-6-10-20(12-15)11-14-7-4-3-5-8-14/h3-5,7-8,15-16H,6,9-13,18H2,1-2H3. The van der Waals surface area contributed by atoms with Gasteiger partial charge in [0, 0.05) is 33.3 Å². The van der Waals surface area contributed by atoms with E-state index in [1.807, 2.05) is 13.1 Å². The highest BCUT2D eigenvalue weighted by atomic mass is 16.5. The van der Waals surface area contributed by atoms with Gasteiger partial charge in [0.15, 0.2) is 0 Å². The van der Waals surface area contributed by atoms with Crippen molar-refractivity contribution in [2.75, 3.05) is 33.9 Å². The zero-order valence-corrected chi connectivity index (χ0v) is 13.6. The topological polar surface area (TPSA) is 58.8 Å². The predicted molar refractivity (Wildman–Crippen MR) is 87.4 cm³/mol. The molecular weight excluding hydrogens is 278 g/mol. The van der Waals surface area contributed by atoms with Crippen LogP contribution in [0.25, 0.3) is 0 Å². The summed E-state index contributed by atoms with van der Waals surface area (Å²) in [6.45, 7) is 3.18. The number of benzene rings is 1. The van der Waals surface area contributed by atoms with E-state index in [9.17, 15) is 4.79 Å². The van der Waals surface area contributed by atoms with Crippen LogP contribution in [0.1, 0.15) is 18.4 Å². The van der Waals surface area contributed by atoms with Crippen LogP contribution in [0.4, 0.5) is 0 Å². The maximum absolute atomic E-state index is 12.3. The summed E-state index contributed by atoms with van der Waals surface area (Å²) in [7, 11) is 3.42. The minimum absolute atomic E-state index is 0.0339. The zero-order chi connectivity index (χ0) is 15.9. The van der Waals surface area contributed by atoms with Crippen LogP contribution in [0, 0.1) is 0 Å². The fourth-order valence-electron chi connectivity index (χ4n) is 3.02. The summed E-state index contributed by atoms with van der Waals surface area (Å²) in [5, 5.41) is 0. The lowest BCUT2D eigenvalue weighted by atomic mass is 10.0. The SMILES string of the molecule is COCC(N)C(=O)N(C)C1CCCN(Cc2ccccc2)C1. The van der Waals surface area contributed by atoms with Crippen molar-refractivity contribution in [1.82, 2.24) is 9.80 Å². The Bertz CT molecular complexity index is 466. The lowest BCUT2D eigenvalue weighted by molar-refractivity contribution is -0.135. The average Bonchev–Trinajstić information content (AvgIpc) is 2.55. The number of piperidine rings is 1. The molecule has 1 aromatic rings. The number of ether oxygens (including phenoxy) is 1. The number of hydrogen-bond acceptors (Lipinski definition) is 4. The van der Waals surface area contributed by atoms with E-state index in [0.717, 1.165) is 32.5 Å². The van der Waals surface area contributed by atoms with E-state index in [1.165, 1.54) is 5.56 Å². The lowest BCUT2D eigenvalue weighted by Gasteiger charge is -2.38. The Hall–Kier alpha value is -1.43. The highest BCUT2D eigenvalue weighted by Crippen LogP contribution is 2.17. The van der Waals surface area contributed by atoms with E-state index in [2.05, 4.69) is 29.2 Å². The smallest absolute Gasteiger partial charge is 0.241 e. The second-order valence-corrected chi connectivity index (χ2v) is 6.03. The third kappa shape index (κ3) is 4.53. The quantitative estimate of drug-likeness (QED) is 0.854.